The minimum atomic E-state index is -0.160. The Morgan fingerprint density at radius 2 is 2.32 bits per heavy atom. The van der Waals surface area contributed by atoms with Crippen LogP contribution in [0.2, 0.25) is 0 Å². The van der Waals surface area contributed by atoms with Crippen molar-refractivity contribution in [2.75, 3.05) is 18.9 Å². The summed E-state index contributed by atoms with van der Waals surface area (Å²) in [6.45, 7) is 1.93. The Labute approximate surface area is 115 Å². The molecule has 2 aromatic rings. The Hall–Kier alpha value is -1.73. The summed E-state index contributed by atoms with van der Waals surface area (Å²) in [6.07, 6.45) is 4.19. The van der Waals surface area contributed by atoms with E-state index in [4.69, 9.17) is 0 Å². The van der Waals surface area contributed by atoms with Crippen molar-refractivity contribution in [2.45, 2.75) is 13.0 Å². The SMILES string of the molecule is CN1CCc2nc(NC(=O)c3cnn(C)c3)sc2C1. The van der Waals surface area contributed by atoms with Crippen LogP contribution in [0.3, 0.4) is 0 Å². The van der Waals surface area contributed by atoms with Gasteiger partial charge in [-0.05, 0) is 7.05 Å². The smallest absolute Gasteiger partial charge is 0.260 e. The summed E-state index contributed by atoms with van der Waals surface area (Å²) in [5.74, 6) is -0.160. The second-order valence-electron chi connectivity index (χ2n) is 4.73. The molecule has 0 bridgehead atoms. The third-order valence-electron chi connectivity index (χ3n) is 3.11. The number of hydrogen-bond acceptors (Lipinski definition) is 5. The van der Waals surface area contributed by atoms with Gasteiger partial charge in [-0.15, -0.1) is 11.3 Å². The number of carbonyl (C=O) groups is 1. The fraction of sp³-hybridized carbons (Fsp3) is 0.417. The predicted molar refractivity (Wildman–Crippen MR) is 73.3 cm³/mol. The first-order valence-corrected chi connectivity index (χ1v) is 6.90. The van der Waals surface area contributed by atoms with Gasteiger partial charge < -0.3 is 4.90 Å². The number of carbonyl (C=O) groups excluding carboxylic acids is 1. The van der Waals surface area contributed by atoms with E-state index in [1.807, 2.05) is 0 Å². The Balaban J connectivity index is 1.75. The van der Waals surface area contributed by atoms with E-state index in [-0.39, 0.29) is 5.91 Å². The lowest BCUT2D eigenvalue weighted by molar-refractivity contribution is 0.102. The number of thiazole rings is 1. The second kappa shape index (κ2) is 4.75. The minimum Gasteiger partial charge on any atom is -0.301 e. The Kier molecular flexibility index (Phi) is 3.08. The van der Waals surface area contributed by atoms with Gasteiger partial charge in [0.2, 0.25) is 0 Å². The Bertz CT molecular complexity index is 617. The summed E-state index contributed by atoms with van der Waals surface area (Å²) >= 11 is 1.56. The molecule has 0 fully saturated rings. The summed E-state index contributed by atoms with van der Waals surface area (Å²) in [4.78, 5) is 20.0. The molecule has 7 heteroatoms. The van der Waals surface area contributed by atoms with Gasteiger partial charge in [0, 0.05) is 37.6 Å². The zero-order valence-electron chi connectivity index (χ0n) is 10.9. The van der Waals surface area contributed by atoms with Gasteiger partial charge in [0.25, 0.3) is 5.91 Å². The molecule has 2 aromatic heterocycles. The number of rotatable bonds is 2. The molecule has 0 spiro atoms. The minimum absolute atomic E-state index is 0.160. The maximum Gasteiger partial charge on any atom is 0.260 e. The predicted octanol–water partition coefficient (Wildman–Crippen LogP) is 1.12. The number of hydrogen-bond donors (Lipinski definition) is 1. The van der Waals surface area contributed by atoms with Crippen LogP contribution in [-0.4, -0.2) is 39.2 Å². The van der Waals surface area contributed by atoms with Crippen LogP contribution in [0.4, 0.5) is 5.13 Å². The summed E-state index contributed by atoms with van der Waals surface area (Å²) in [6, 6.07) is 0. The number of aryl methyl sites for hydroxylation is 1. The maximum atomic E-state index is 12.0. The average Bonchev–Trinajstić information content (AvgIpc) is 2.94. The number of likely N-dealkylation sites (N-methyl/N-ethyl adjacent to an activating group) is 1. The lowest BCUT2D eigenvalue weighted by Crippen LogP contribution is -2.25. The first-order valence-electron chi connectivity index (χ1n) is 6.09. The van der Waals surface area contributed by atoms with Gasteiger partial charge in [-0.1, -0.05) is 0 Å². The van der Waals surface area contributed by atoms with E-state index >= 15 is 0 Å². The molecule has 100 valence electrons. The topological polar surface area (TPSA) is 63.1 Å². The molecule has 3 heterocycles. The highest BCUT2D eigenvalue weighted by Crippen LogP contribution is 2.27. The van der Waals surface area contributed by atoms with Gasteiger partial charge in [0.05, 0.1) is 17.5 Å². The van der Waals surface area contributed by atoms with Crippen molar-refractivity contribution in [2.24, 2.45) is 7.05 Å². The van der Waals surface area contributed by atoms with Crippen LogP contribution in [0.1, 0.15) is 20.9 Å². The molecule has 1 N–H and O–H groups in total. The molecule has 1 amide bonds. The molecule has 0 aliphatic carbocycles. The van der Waals surface area contributed by atoms with Gasteiger partial charge in [-0.25, -0.2) is 4.98 Å². The average molecular weight is 277 g/mol. The molecule has 0 saturated heterocycles. The van der Waals surface area contributed by atoms with Crippen molar-refractivity contribution in [3.8, 4) is 0 Å². The quantitative estimate of drug-likeness (QED) is 0.893. The number of anilines is 1. The molecule has 6 nitrogen and oxygen atoms in total. The van der Waals surface area contributed by atoms with Gasteiger partial charge in [0.15, 0.2) is 5.13 Å². The molecule has 3 rings (SSSR count). The largest absolute Gasteiger partial charge is 0.301 e. The number of nitrogens with one attached hydrogen (secondary N) is 1. The molecule has 0 aromatic carbocycles. The highest BCUT2D eigenvalue weighted by atomic mass is 32.1. The van der Waals surface area contributed by atoms with Crippen molar-refractivity contribution in [3.05, 3.63) is 28.5 Å². The molecular weight excluding hydrogens is 262 g/mol. The first-order chi connectivity index (χ1) is 9.11. The lowest BCUT2D eigenvalue weighted by Gasteiger charge is -2.20. The van der Waals surface area contributed by atoms with E-state index in [9.17, 15) is 4.79 Å². The summed E-state index contributed by atoms with van der Waals surface area (Å²) in [5.41, 5.74) is 1.66. The van der Waals surface area contributed by atoms with Gasteiger partial charge >= 0.3 is 0 Å². The van der Waals surface area contributed by atoms with E-state index in [1.165, 1.54) is 4.88 Å². The fourth-order valence-corrected chi connectivity index (χ4v) is 3.17. The third kappa shape index (κ3) is 2.52. The van der Waals surface area contributed by atoms with Gasteiger partial charge in [-0.3, -0.25) is 14.8 Å². The summed E-state index contributed by atoms with van der Waals surface area (Å²) in [5, 5.41) is 7.50. The number of aromatic nitrogens is 3. The van der Waals surface area contributed by atoms with Crippen molar-refractivity contribution in [3.63, 3.8) is 0 Å². The zero-order chi connectivity index (χ0) is 13.4. The number of fused-ring (bicyclic) bond motifs is 1. The Morgan fingerprint density at radius 1 is 1.47 bits per heavy atom. The third-order valence-corrected chi connectivity index (χ3v) is 4.11. The molecular formula is C12H15N5OS. The molecule has 0 unspecified atom stereocenters. The summed E-state index contributed by atoms with van der Waals surface area (Å²) < 4.78 is 1.61. The van der Waals surface area contributed by atoms with Crippen LogP contribution in [-0.2, 0) is 20.0 Å². The van der Waals surface area contributed by atoms with Gasteiger partial charge in [-0.2, -0.15) is 5.10 Å². The fourth-order valence-electron chi connectivity index (χ4n) is 2.08. The van der Waals surface area contributed by atoms with Gasteiger partial charge in [0.1, 0.15) is 0 Å². The molecule has 0 saturated carbocycles. The molecule has 0 atom stereocenters. The second-order valence-corrected chi connectivity index (χ2v) is 5.82. The van der Waals surface area contributed by atoms with Crippen LogP contribution in [0, 0.1) is 0 Å². The standard InChI is InChI=1S/C12H15N5OS/c1-16-4-3-9-10(7-16)19-12(14-9)15-11(18)8-5-13-17(2)6-8/h5-6H,3-4,7H2,1-2H3,(H,14,15,18). The zero-order valence-corrected chi connectivity index (χ0v) is 11.7. The van der Waals surface area contributed by atoms with E-state index in [0.717, 1.165) is 25.2 Å². The monoisotopic (exact) mass is 277 g/mol. The highest BCUT2D eigenvalue weighted by molar-refractivity contribution is 7.15. The highest BCUT2D eigenvalue weighted by Gasteiger charge is 2.19. The molecule has 19 heavy (non-hydrogen) atoms. The first kappa shape index (κ1) is 12.3. The van der Waals surface area contributed by atoms with Crippen molar-refractivity contribution < 1.29 is 4.79 Å². The number of amides is 1. The summed E-state index contributed by atoms with van der Waals surface area (Å²) in [7, 11) is 3.88. The Morgan fingerprint density at radius 3 is 3.05 bits per heavy atom. The number of nitrogens with zero attached hydrogens (tertiary/aromatic N) is 4. The lowest BCUT2D eigenvalue weighted by atomic mass is 10.2. The van der Waals surface area contributed by atoms with Crippen molar-refractivity contribution in [1.29, 1.82) is 0 Å². The van der Waals surface area contributed by atoms with E-state index in [1.54, 1.807) is 35.5 Å². The van der Waals surface area contributed by atoms with Crippen LogP contribution in [0.15, 0.2) is 12.4 Å². The van der Waals surface area contributed by atoms with E-state index in [0.29, 0.717) is 10.7 Å². The van der Waals surface area contributed by atoms with Crippen LogP contribution >= 0.6 is 11.3 Å². The van der Waals surface area contributed by atoms with Crippen LogP contribution < -0.4 is 5.32 Å². The van der Waals surface area contributed by atoms with E-state index < -0.39 is 0 Å². The normalized spacial score (nSPS) is 15.3. The van der Waals surface area contributed by atoms with Crippen LogP contribution in [0.25, 0.3) is 0 Å². The van der Waals surface area contributed by atoms with Crippen LogP contribution in [0.5, 0.6) is 0 Å². The van der Waals surface area contributed by atoms with E-state index in [2.05, 4.69) is 27.3 Å². The molecule has 1 aliphatic heterocycles. The molecule has 1 aliphatic rings. The van der Waals surface area contributed by atoms with Crippen molar-refractivity contribution >= 4 is 22.4 Å². The molecule has 0 radical (unpaired) electrons. The van der Waals surface area contributed by atoms with Crippen molar-refractivity contribution in [1.82, 2.24) is 19.7 Å². The maximum absolute atomic E-state index is 12.0.